The Hall–Kier alpha value is -0.380. The van der Waals surface area contributed by atoms with Crippen molar-refractivity contribution in [2.24, 2.45) is 5.92 Å². The number of hydrogen-bond acceptors (Lipinski definition) is 2. The summed E-state index contributed by atoms with van der Waals surface area (Å²) in [5.74, 6) is -0.0461. The molecule has 0 spiro atoms. The van der Waals surface area contributed by atoms with Crippen LogP contribution in [-0.2, 0) is 4.79 Å². The maximum absolute atomic E-state index is 11.8. The zero-order valence-corrected chi connectivity index (χ0v) is 11.2. The first-order valence-electron chi connectivity index (χ1n) is 4.95. The first kappa shape index (κ1) is 12.1. The summed E-state index contributed by atoms with van der Waals surface area (Å²) < 4.78 is 0. The number of fused-ring (bicyclic) bond motifs is 1. The number of amides is 1. The van der Waals surface area contributed by atoms with Crippen LogP contribution < -0.4 is 5.32 Å². The van der Waals surface area contributed by atoms with E-state index in [2.05, 4.69) is 5.32 Å². The molecule has 1 aliphatic rings. The molecule has 1 aliphatic heterocycles. The maximum atomic E-state index is 11.8. The van der Waals surface area contributed by atoms with Crippen LogP contribution in [0.15, 0.2) is 17.0 Å². The summed E-state index contributed by atoms with van der Waals surface area (Å²) in [4.78, 5) is 12.7. The number of carbonyl (C=O) groups excluding carboxylic acids is 1. The first-order chi connectivity index (χ1) is 7.49. The molecule has 5 heteroatoms. The Bertz CT molecular complexity index is 450. The molecule has 86 valence electrons. The molecule has 0 bridgehead atoms. The van der Waals surface area contributed by atoms with Crippen LogP contribution in [0.1, 0.15) is 13.8 Å². The molecule has 2 unspecified atom stereocenters. The van der Waals surface area contributed by atoms with Crippen LogP contribution in [0.3, 0.4) is 0 Å². The Morgan fingerprint density at radius 1 is 1.31 bits per heavy atom. The standard InChI is InChI=1S/C11H11Cl2NOS/c1-5-6(2)16-9-4-7(12)3-8(13)10(9)14-11(5)15/h3-6H,1-2H3,(H,14,15). The quantitative estimate of drug-likeness (QED) is 0.774. The Balaban J connectivity index is 2.51. The Labute approximate surface area is 109 Å². The highest BCUT2D eigenvalue weighted by atomic mass is 35.5. The molecule has 16 heavy (non-hydrogen) atoms. The summed E-state index contributed by atoms with van der Waals surface area (Å²) in [7, 11) is 0. The summed E-state index contributed by atoms with van der Waals surface area (Å²) in [6.07, 6.45) is 0. The third-order valence-corrected chi connectivity index (χ3v) is 4.57. The van der Waals surface area contributed by atoms with Crippen LogP contribution >= 0.6 is 35.0 Å². The van der Waals surface area contributed by atoms with E-state index in [0.29, 0.717) is 15.7 Å². The van der Waals surface area contributed by atoms with Gasteiger partial charge in [0, 0.05) is 21.1 Å². The lowest BCUT2D eigenvalue weighted by Crippen LogP contribution is -2.24. The van der Waals surface area contributed by atoms with Crippen LogP contribution in [0.5, 0.6) is 0 Å². The van der Waals surface area contributed by atoms with Gasteiger partial charge < -0.3 is 5.32 Å². The van der Waals surface area contributed by atoms with E-state index in [4.69, 9.17) is 23.2 Å². The smallest absolute Gasteiger partial charge is 0.228 e. The lowest BCUT2D eigenvalue weighted by Gasteiger charge is -2.13. The van der Waals surface area contributed by atoms with Crippen LogP contribution in [0.25, 0.3) is 0 Å². The predicted molar refractivity (Wildman–Crippen MR) is 69.6 cm³/mol. The zero-order chi connectivity index (χ0) is 11.9. The van der Waals surface area contributed by atoms with E-state index in [1.807, 2.05) is 19.9 Å². The van der Waals surface area contributed by atoms with E-state index in [9.17, 15) is 4.79 Å². The molecular formula is C11H11Cl2NOS. The minimum Gasteiger partial charge on any atom is -0.324 e. The second-order valence-corrected chi connectivity index (χ2v) is 6.12. The molecule has 0 saturated carbocycles. The largest absolute Gasteiger partial charge is 0.324 e. The topological polar surface area (TPSA) is 29.1 Å². The van der Waals surface area contributed by atoms with Crippen molar-refractivity contribution < 1.29 is 4.79 Å². The van der Waals surface area contributed by atoms with Crippen molar-refractivity contribution in [2.45, 2.75) is 24.0 Å². The number of benzene rings is 1. The van der Waals surface area contributed by atoms with Gasteiger partial charge in [0.2, 0.25) is 5.91 Å². The Morgan fingerprint density at radius 2 is 2.00 bits per heavy atom. The van der Waals surface area contributed by atoms with Gasteiger partial charge in [-0.25, -0.2) is 0 Å². The van der Waals surface area contributed by atoms with Crippen LogP contribution in [0.2, 0.25) is 10.0 Å². The van der Waals surface area contributed by atoms with E-state index in [1.165, 1.54) is 0 Å². The SMILES string of the molecule is CC1Sc2cc(Cl)cc(Cl)c2NC(=O)C1C. The molecule has 0 aliphatic carbocycles. The van der Waals surface area contributed by atoms with Gasteiger partial charge >= 0.3 is 0 Å². The number of nitrogens with one attached hydrogen (secondary N) is 1. The van der Waals surface area contributed by atoms with Crippen molar-refractivity contribution in [3.63, 3.8) is 0 Å². The van der Waals surface area contributed by atoms with Crippen molar-refractivity contribution in [1.29, 1.82) is 0 Å². The molecule has 1 heterocycles. The van der Waals surface area contributed by atoms with Gasteiger partial charge in [0.05, 0.1) is 10.7 Å². The molecule has 2 rings (SSSR count). The zero-order valence-electron chi connectivity index (χ0n) is 8.88. The highest BCUT2D eigenvalue weighted by Crippen LogP contribution is 2.42. The van der Waals surface area contributed by atoms with E-state index in [0.717, 1.165) is 4.90 Å². The molecule has 1 N–H and O–H groups in total. The number of rotatable bonds is 0. The Kier molecular flexibility index (Phi) is 3.38. The molecule has 0 aromatic heterocycles. The number of thioether (sulfide) groups is 1. The molecule has 0 radical (unpaired) electrons. The fraction of sp³-hybridized carbons (Fsp3) is 0.364. The molecule has 1 amide bonds. The van der Waals surface area contributed by atoms with Gasteiger partial charge in [0.1, 0.15) is 0 Å². The summed E-state index contributed by atoms with van der Waals surface area (Å²) in [5.41, 5.74) is 0.678. The highest BCUT2D eigenvalue weighted by Gasteiger charge is 2.27. The Morgan fingerprint density at radius 3 is 2.69 bits per heavy atom. The minimum absolute atomic E-state index is 0.00275. The molecule has 0 saturated heterocycles. The third-order valence-electron chi connectivity index (χ3n) is 2.70. The third kappa shape index (κ3) is 2.17. The van der Waals surface area contributed by atoms with Gasteiger partial charge in [-0.05, 0) is 12.1 Å². The van der Waals surface area contributed by atoms with E-state index in [-0.39, 0.29) is 17.1 Å². The second-order valence-electron chi connectivity index (χ2n) is 3.86. The molecule has 1 aromatic carbocycles. The lowest BCUT2D eigenvalue weighted by atomic mass is 10.1. The average Bonchev–Trinajstić information content (AvgIpc) is 2.29. The van der Waals surface area contributed by atoms with Crippen molar-refractivity contribution in [3.8, 4) is 0 Å². The van der Waals surface area contributed by atoms with Gasteiger partial charge in [0.25, 0.3) is 0 Å². The van der Waals surface area contributed by atoms with Crippen molar-refractivity contribution >= 4 is 46.6 Å². The average molecular weight is 276 g/mol. The highest BCUT2D eigenvalue weighted by molar-refractivity contribution is 8.00. The van der Waals surface area contributed by atoms with Crippen LogP contribution in [0, 0.1) is 5.92 Å². The van der Waals surface area contributed by atoms with E-state index in [1.54, 1.807) is 17.8 Å². The molecule has 0 fully saturated rings. The fourth-order valence-electron chi connectivity index (χ4n) is 1.52. The number of hydrogen-bond donors (Lipinski definition) is 1. The first-order valence-corrected chi connectivity index (χ1v) is 6.59. The van der Waals surface area contributed by atoms with Crippen molar-refractivity contribution in [1.82, 2.24) is 0 Å². The van der Waals surface area contributed by atoms with Crippen molar-refractivity contribution in [3.05, 3.63) is 22.2 Å². The normalized spacial score (nSPS) is 24.6. The fourth-order valence-corrected chi connectivity index (χ4v) is 3.38. The molecular weight excluding hydrogens is 265 g/mol. The van der Waals surface area contributed by atoms with E-state index >= 15 is 0 Å². The lowest BCUT2D eigenvalue weighted by molar-refractivity contribution is -0.119. The number of carbonyl (C=O) groups is 1. The van der Waals surface area contributed by atoms with Gasteiger partial charge in [-0.2, -0.15) is 0 Å². The monoisotopic (exact) mass is 275 g/mol. The minimum atomic E-state index is -0.0488. The second kappa shape index (κ2) is 4.47. The molecule has 1 aromatic rings. The van der Waals surface area contributed by atoms with Gasteiger partial charge in [-0.15, -0.1) is 11.8 Å². The van der Waals surface area contributed by atoms with Crippen LogP contribution in [-0.4, -0.2) is 11.2 Å². The summed E-state index contributed by atoms with van der Waals surface area (Å²) >= 11 is 13.6. The summed E-state index contributed by atoms with van der Waals surface area (Å²) in [5, 5.41) is 4.13. The van der Waals surface area contributed by atoms with Crippen molar-refractivity contribution in [2.75, 3.05) is 5.32 Å². The van der Waals surface area contributed by atoms with Crippen LogP contribution in [0.4, 0.5) is 5.69 Å². The maximum Gasteiger partial charge on any atom is 0.228 e. The van der Waals surface area contributed by atoms with Gasteiger partial charge in [0.15, 0.2) is 0 Å². The predicted octanol–water partition coefficient (Wildman–Crippen LogP) is 4.06. The molecule has 2 atom stereocenters. The van der Waals surface area contributed by atoms with Gasteiger partial charge in [-0.1, -0.05) is 37.0 Å². The van der Waals surface area contributed by atoms with Gasteiger partial charge in [-0.3, -0.25) is 4.79 Å². The summed E-state index contributed by atoms with van der Waals surface area (Å²) in [6.45, 7) is 3.94. The summed E-state index contributed by atoms with van der Waals surface area (Å²) in [6, 6.07) is 3.48. The van der Waals surface area contributed by atoms with E-state index < -0.39 is 0 Å². The number of halogens is 2. The number of anilines is 1. The molecule has 2 nitrogen and oxygen atoms in total.